The molecule has 1 fully saturated rings. The fourth-order valence-electron chi connectivity index (χ4n) is 2.36. The number of amides is 2. The minimum Gasteiger partial charge on any atom is -0.493 e. The highest BCUT2D eigenvalue weighted by Gasteiger charge is 2.22. The Bertz CT molecular complexity index is 631. The summed E-state index contributed by atoms with van der Waals surface area (Å²) < 4.78 is 10.7. The van der Waals surface area contributed by atoms with Crippen LogP contribution >= 0.6 is 0 Å². The van der Waals surface area contributed by atoms with E-state index in [0.717, 1.165) is 0 Å². The molecule has 0 aliphatic carbocycles. The lowest BCUT2D eigenvalue weighted by molar-refractivity contribution is -0.139. The predicted octanol–water partition coefficient (Wildman–Crippen LogP) is 0.636. The van der Waals surface area contributed by atoms with Crippen molar-refractivity contribution < 1.29 is 19.1 Å². The van der Waals surface area contributed by atoms with Crippen molar-refractivity contribution in [3.05, 3.63) is 23.8 Å². The second-order valence-electron chi connectivity index (χ2n) is 5.15. The maximum atomic E-state index is 12.2. The van der Waals surface area contributed by atoms with Crippen LogP contribution in [0.4, 0.5) is 0 Å². The van der Waals surface area contributed by atoms with E-state index in [1.54, 1.807) is 28.0 Å². The van der Waals surface area contributed by atoms with E-state index in [1.807, 2.05) is 6.07 Å². The van der Waals surface area contributed by atoms with Gasteiger partial charge in [-0.05, 0) is 12.1 Å². The van der Waals surface area contributed by atoms with Gasteiger partial charge < -0.3 is 19.3 Å². The van der Waals surface area contributed by atoms with Crippen LogP contribution in [0.3, 0.4) is 0 Å². The van der Waals surface area contributed by atoms with Gasteiger partial charge in [-0.15, -0.1) is 0 Å². The minimum absolute atomic E-state index is 0.0238. The zero-order valence-corrected chi connectivity index (χ0v) is 13.2. The van der Waals surface area contributed by atoms with Crippen LogP contribution in [0.25, 0.3) is 0 Å². The smallest absolute Gasteiger partial charge is 0.260 e. The Morgan fingerprint density at radius 2 is 1.83 bits per heavy atom. The van der Waals surface area contributed by atoms with Crippen LogP contribution < -0.4 is 9.47 Å². The number of carbonyl (C=O) groups is 2. The second-order valence-corrected chi connectivity index (χ2v) is 5.15. The maximum Gasteiger partial charge on any atom is 0.260 e. The van der Waals surface area contributed by atoms with Crippen LogP contribution in [0.1, 0.15) is 12.5 Å². The molecule has 1 aliphatic heterocycles. The summed E-state index contributed by atoms with van der Waals surface area (Å²) in [6.45, 7) is 3.52. The molecule has 0 saturated carbocycles. The highest BCUT2D eigenvalue weighted by atomic mass is 16.5. The molecule has 7 nitrogen and oxygen atoms in total. The van der Waals surface area contributed by atoms with Crippen LogP contribution in [0.2, 0.25) is 0 Å². The molecular weight excluding hydrogens is 298 g/mol. The summed E-state index contributed by atoms with van der Waals surface area (Å²) in [5.41, 5.74) is 0.459. The Balaban J connectivity index is 1.90. The van der Waals surface area contributed by atoms with Gasteiger partial charge in [0.1, 0.15) is 0 Å². The van der Waals surface area contributed by atoms with Crippen molar-refractivity contribution in [2.45, 2.75) is 6.92 Å². The fourth-order valence-corrected chi connectivity index (χ4v) is 2.36. The zero-order chi connectivity index (χ0) is 16.8. The van der Waals surface area contributed by atoms with Gasteiger partial charge in [-0.1, -0.05) is 0 Å². The number of carbonyl (C=O) groups excluding carboxylic acids is 2. The molecule has 0 atom stereocenters. The van der Waals surface area contributed by atoms with E-state index in [-0.39, 0.29) is 18.4 Å². The third-order valence-electron chi connectivity index (χ3n) is 3.72. The molecule has 2 amide bonds. The van der Waals surface area contributed by atoms with Gasteiger partial charge in [0.25, 0.3) is 5.91 Å². The van der Waals surface area contributed by atoms with E-state index in [2.05, 4.69) is 0 Å². The molecule has 23 heavy (non-hydrogen) atoms. The maximum absolute atomic E-state index is 12.2. The van der Waals surface area contributed by atoms with E-state index in [1.165, 1.54) is 14.0 Å². The zero-order valence-electron chi connectivity index (χ0n) is 13.2. The first-order valence-electron chi connectivity index (χ1n) is 7.29. The first-order valence-corrected chi connectivity index (χ1v) is 7.29. The molecule has 1 aliphatic rings. The molecule has 2 rings (SSSR count). The highest BCUT2D eigenvalue weighted by Crippen LogP contribution is 2.27. The monoisotopic (exact) mass is 317 g/mol. The minimum atomic E-state index is -0.139. The Kier molecular flexibility index (Phi) is 5.41. The van der Waals surface area contributed by atoms with Gasteiger partial charge in [0.15, 0.2) is 18.1 Å². The normalized spacial score (nSPS) is 14.1. The topological polar surface area (TPSA) is 82.9 Å². The molecule has 0 unspecified atom stereocenters. The molecule has 0 aromatic heterocycles. The molecular formula is C16H19N3O4. The number of hydrogen-bond donors (Lipinski definition) is 0. The summed E-state index contributed by atoms with van der Waals surface area (Å²) >= 11 is 0. The van der Waals surface area contributed by atoms with E-state index >= 15 is 0 Å². The molecule has 1 aromatic carbocycles. The van der Waals surface area contributed by atoms with Crippen molar-refractivity contribution >= 4 is 11.8 Å². The lowest BCUT2D eigenvalue weighted by Gasteiger charge is -2.34. The third-order valence-corrected chi connectivity index (χ3v) is 3.72. The number of nitrogens with zero attached hydrogens (tertiary/aromatic N) is 3. The third kappa shape index (κ3) is 4.13. The Hall–Kier alpha value is -2.75. The Labute approximate surface area is 135 Å². The number of benzene rings is 1. The van der Waals surface area contributed by atoms with E-state index in [4.69, 9.17) is 14.7 Å². The lowest BCUT2D eigenvalue weighted by atomic mass is 10.2. The number of piperazine rings is 1. The summed E-state index contributed by atoms with van der Waals surface area (Å²) in [6, 6.07) is 6.79. The Morgan fingerprint density at radius 1 is 1.17 bits per heavy atom. The van der Waals surface area contributed by atoms with E-state index in [9.17, 15) is 9.59 Å². The molecule has 0 N–H and O–H groups in total. The molecule has 0 radical (unpaired) electrons. The molecule has 0 spiro atoms. The van der Waals surface area contributed by atoms with Crippen molar-refractivity contribution in [3.63, 3.8) is 0 Å². The van der Waals surface area contributed by atoms with Crippen LogP contribution in [0.5, 0.6) is 11.5 Å². The van der Waals surface area contributed by atoms with E-state index < -0.39 is 0 Å². The van der Waals surface area contributed by atoms with Crippen LogP contribution in [0, 0.1) is 11.3 Å². The molecule has 0 bridgehead atoms. The molecule has 1 heterocycles. The average Bonchev–Trinajstić information content (AvgIpc) is 2.59. The van der Waals surface area contributed by atoms with Gasteiger partial charge in [0.2, 0.25) is 5.91 Å². The second kappa shape index (κ2) is 7.49. The van der Waals surface area contributed by atoms with Crippen molar-refractivity contribution in [2.75, 3.05) is 39.9 Å². The number of nitriles is 1. The standard InChI is InChI=1S/C16H19N3O4/c1-12(20)18-5-7-19(8-6-18)16(21)11-23-14-4-3-13(10-17)9-15(14)22-2/h3-4,9H,5-8,11H2,1-2H3. The highest BCUT2D eigenvalue weighted by molar-refractivity contribution is 5.78. The quantitative estimate of drug-likeness (QED) is 0.813. The van der Waals surface area contributed by atoms with Crippen LogP contribution in [0.15, 0.2) is 18.2 Å². The summed E-state index contributed by atoms with van der Waals surface area (Å²) in [7, 11) is 1.48. The first kappa shape index (κ1) is 16.6. The largest absolute Gasteiger partial charge is 0.493 e. The molecule has 1 saturated heterocycles. The number of hydrogen-bond acceptors (Lipinski definition) is 5. The first-order chi connectivity index (χ1) is 11.0. The van der Waals surface area contributed by atoms with Crippen molar-refractivity contribution in [1.29, 1.82) is 5.26 Å². The van der Waals surface area contributed by atoms with Crippen molar-refractivity contribution in [1.82, 2.24) is 9.80 Å². The number of rotatable bonds is 4. The summed E-state index contributed by atoms with van der Waals surface area (Å²) in [6.07, 6.45) is 0. The number of methoxy groups -OCH3 is 1. The molecule has 122 valence electrons. The van der Waals surface area contributed by atoms with Crippen molar-refractivity contribution in [2.24, 2.45) is 0 Å². The summed E-state index contributed by atoms with van der Waals surface area (Å²) in [5.74, 6) is 0.718. The van der Waals surface area contributed by atoms with Crippen molar-refractivity contribution in [3.8, 4) is 17.6 Å². The number of ether oxygens (including phenoxy) is 2. The summed E-state index contributed by atoms with van der Waals surface area (Å²) in [4.78, 5) is 26.8. The van der Waals surface area contributed by atoms with Gasteiger partial charge in [0, 0.05) is 39.2 Å². The van der Waals surface area contributed by atoms with Gasteiger partial charge in [-0.25, -0.2) is 0 Å². The molecule has 7 heteroatoms. The van der Waals surface area contributed by atoms with E-state index in [0.29, 0.717) is 43.2 Å². The summed E-state index contributed by atoms with van der Waals surface area (Å²) in [5, 5.41) is 8.86. The Morgan fingerprint density at radius 3 is 2.39 bits per heavy atom. The van der Waals surface area contributed by atoms with Crippen LogP contribution in [-0.4, -0.2) is 61.5 Å². The predicted molar refractivity (Wildman–Crippen MR) is 82.0 cm³/mol. The van der Waals surface area contributed by atoms with Gasteiger partial charge in [0.05, 0.1) is 18.7 Å². The van der Waals surface area contributed by atoms with Gasteiger partial charge in [-0.3, -0.25) is 9.59 Å². The average molecular weight is 317 g/mol. The van der Waals surface area contributed by atoms with Gasteiger partial charge in [-0.2, -0.15) is 5.26 Å². The fraction of sp³-hybridized carbons (Fsp3) is 0.438. The molecule has 1 aromatic rings. The van der Waals surface area contributed by atoms with Crippen LogP contribution in [-0.2, 0) is 9.59 Å². The SMILES string of the molecule is COc1cc(C#N)ccc1OCC(=O)N1CCN(C(C)=O)CC1. The lowest BCUT2D eigenvalue weighted by Crippen LogP contribution is -2.51. The van der Waals surface area contributed by atoms with Gasteiger partial charge >= 0.3 is 0 Å².